The van der Waals surface area contributed by atoms with Crippen molar-refractivity contribution in [2.24, 2.45) is 10.1 Å². The standard InChI is InChI=1S/C28H25ClN4O3S/c1-17-8-11-20(14-22(17)29)30-26(34)16-25-27(35)31-28(37-25)33-24(19-6-4-3-5-7-19)15-23(32-33)18-9-12-21(36-2)13-10-18/h3-14,24-25H,15-16H2,1-2H3,(H,30,34)/t24-,25-/m1/s1. The van der Waals surface area contributed by atoms with Crippen molar-refractivity contribution < 1.29 is 14.3 Å². The number of carbonyl (C=O) groups is 2. The Labute approximate surface area is 224 Å². The van der Waals surface area contributed by atoms with E-state index in [4.69, 9.17) is 21.4 Å². The minimum Gasteiger partial charge on any atom is -0.497 e. The summed E-state index contributed by atoms with van der Waals surface area (Å²) >= 11 is 7.44. The molecule has 5 rings (SSSR count). The Morgan fingerprint density at radius 3 is 2.59 bits per heavy atom. The fourth-order valence-corrected chi connectivity index (χ4v) is 5.48. The lowest BCUT2D eigenvalue weighted by Gasteiger charge is -2.23. The van der Waals surface area contributed by atoms with Crippen molar-refractivity contribution in [1.29, 1.82) is 0 Å². The van der Waals surface area contributed by atoms with Crippen LogP contribution < -0.4 is 10.1 Å². The number of hydrogen-bond acceptors (Lipinski definition) is 6. The van der Waals surface area contributed by atoms with Crippen LogP contribution in [0.2, 0.25) is 5.02 Å². The van der Waals surface area contributed by atoms with Crippen molar-refractivity contribution in [1.82, 2.24) is 5.01 Å². The fraction of sp³-hybridized carbons (Fsp3) is 0.214. The number of hydrazone groups is 1. The largest absolute Gasteiger partial charge is 0.497 e. The van der Waals surface area contributed by atoms with E-state index in [1.807, 2.05) is 72.6 Å². The maximum atomic E-state index is 12.8. The van der Waals surface area contributed by atoms with Gasteiger partial charge in [0.15, 0.2) is 5.17 Å². The number of rotatable bonds is 6. The summed E-state index contributed by atoms with van der Waals surface area (Å²) in [5.41, 5.74) is 4.46. The molecule has 0 bridgehead atoms. The first kappa shape index (κ1) is 25.0. The van der Waals surface area contributed by atoms with Gasteiger partial charge in [0.25, 0.3) is 5.91 Å². The molecule has 0 unspecified atom stereocenters. The number of halogens is 1. The highest BCUT2D eigenvalue weighted by Crippen LogP contribution is 2.38. The zero-order valence-corrected chi connectivity index (χ0v) is 21.9. The first-order valence-corrected chi connectivity index (χ1v) is 13.1. The van der Waals surface area contributed by atoms with Gasteiger partial charge in [0.2, 0.25) is 5.91 Å². The van der Waals surface area contributed by atoms with Gasteiger partial charge in [-0.05, 0) is 60.0 Å². The molecule has 0 radical (unpaired) electrons. The fourth-order valence-electron chi connectivity index (χ4n) is 4.23. The first-order valence-electron chi connectivity index (χ1n) is 11.8. The molecule has 0 aliphatic carbocycles. The molecule has 2 amide bonds. The lowest BCUT2D eigenvalue weighted by Crippen LogP contribution is -2.25. The molecule has 2 atom stereocenters. The quantitative estimate of drug-likeness (QED) is 0.431. The van der Waals surface area contributed by atoms with Crippen LogP contribution in [0.15, 0.2) is 82.9 Å². The van der Waals surface area contributed by atoms with Crippen molar-refractivity contribution in [2.45, 2.75) is 31.1 Å². The van der Waals surface area contributed by atoms with E-state index in [-0.39, 0.29) is 24.3 Å². The average Bonchev–Trinajstić information content (AvgIpc) is 3.51. The van der Waals surface area contributed by atoms with Crippen molar-refractivity contribution in [3.63, 3.8) is 0 Å². The van der Waals surface area contributed by atoms with E-state index in [1.165, 1.54) is 11.8 Å². The molecule has 0 spiro atoms. The summed E-state index contributed by atoms with van der Waals surface area (Å²) in [7, 11) is 1.63. The first-order chi connectivity index (χ1) is 17.9. The third kappa shape index (κ3) is 5.55. The summed E-state index contributed by atoms with van der Waals surface area (Å²) in [6, 6.07) is 23.0. The molecule has 2 heterocycles. The third-order valence-electron chi connectivity index (χ3n) is 6.27. The molecule has 0 fully saturated rings. The molecular weight excluding hydrogens is 508 g/mol. The van der Waals surface area contributed by atoms with Crippen molar-refractivity contribution in [3.05, 3.63) is 94.5 Å². The number of anilines is 1. The van der Waals surface area contributed by atoms with E-state index in [9.17, 15) is 9.59 Å². The van der Waals surface area contributed by atoms with Crippen LogP contribution in [-0.4, -0.2) is 40.1 Å². The minimum absolute atomic E-state index is 0.000883. The Bertz CT molecular complexity index is 1390. The summed E-state index contributed by atoms with van der Waals surface area (Å²) in [6.07, 6.45) is 0.657. The number of hydrogen-bond donors (Lipinski definition) is 1. The highest BCUT2D eigenvalue weighted by Gasteiger charge is 2.39. The number of methoxy groups -OCH3 is 1. The monoisotopic (exact) mass is 532 g/mol. The smallest absolute Gasteiger partial charge is 0.262 e. The molecule has 3 aromatic carbocycles. The summed E-state index contributed by atoms with van der Waals surface area (Å²) in [6.45, 7) is 1.89. The van der Waals surface area contributed by atoms with Gasteiger partial charge in [-0.1, -0.05) is 59.8 Å². The van der Waals surface area contributed by atoms with Crippen molar-refractivity contribution in [3.8, 4) is 5.75 Å². The lowest BCUT2D eigenvalue weighted by molar-refractivity contribution is -0.121. The number of amidine groups is 1. The Morgan fingerprint density at radius 2 is 1.89 bits per heavy atom. The van der Waals surface area contributed by atoms with E-state index in [2.05, 4.69) is 10.3 Å². The van der Waals surface area contributed by atoms with Crippen molar-refractivity contribution in [2.75, 3.05) is 12.4 Å². The Balaban J connectivity index is 1.33. The van der Waals surface area contributed by atoms with Crippen LogP contribution in [0.25, 0.3) is 0 Å². The highest BCUT2D eigenvalue weighted by atomic mass is 35.5. The Kier molecular flexibility index (Phi) is 7.30. The van der Waals surface area contributed by atoms with Crippen LogP contribution in [-0.2, 0) is 9.59 Å². The van der Waals surface area contributed by atoms with Crippen LogP contribution in [0.1, 0.15) is 35.6 Å². The molecule has 3 aromatic rings. The second-order valence-electron chi connectivity index (χ2n) is 8.81. The van der Waals surface area contributed by atoms with Crippen LogP contribution in [0, 0.1) is 6.92 Å². The second-order valence-corrected chi connectivity index (χ2v) is 10.4. The molecule has 0 aromatic heterocycles. The number of benzene rings is 3. The van der Waals surface area contributed by atoms with Crippen LogP contribution in [0.4, 0.5) is 5.69 Å². The third-order valence-corrected chi connectivity index (χ3v) is 7.82. The minimum atomic E-state index is -0.618. The zero-order valence-electron chi connectivity index (χ0n) is 20.3. The molecule has 1 N–H and O–H groups in total. The SMILES string of the molecule is COc1ccc(C2=NN(C3=NC(=O)[C@@H](CC(=O)Nc4ccc(C)c(Cl)c4)S3)[C@@H](c3ccccc3)C2)cc1. The topological polar surface area (TPSA) is 83.4 Å². The molecular formula is C28H25ClN4O3S. The number of nitrogens with one attached hydrogen (secondary N) is 1. The van der Waals surface area contributed by atoms with Gasteiger partial charge in [-0.3, -0.25) is 9.59 Å². The van der Waals surface area contributed by atoms with E-state index < -0.39 is 5.25 Å². The van der Waals surface area contributed by atoms with Crippen LogP contribution in [0.5, 0.6) is 5.75 Å². The number of aliphatic imine (C=N–C) groups is 1. The highest BCUT2D eigenvalue weighted by molar-refractivity contribution is 8.15. The molecule has 2 aliphatic heterocycles. The van der Waals surface area contributed by atoms with Gasteiger partial charge in [0.1, 0.15) is 11.0 Å². The van der Waals surface area contributed by atoms with Gasteiger partial charge in [0.05, 0.1) is 18.9 Å². The summed E-state index contributed by atoms with van der Waals surface area (Å²) in [4.78, 5) is 29.8. The molecule has 7 nitrogen and oxygen atoms in total. The molecule has 9 heteroatoms. The second kappa shape index (κ2) is 10.8. The van der Waals surface area contributed by atoms with E-state index in [0.717, 1.165) is 28.2 Å². The lowest BCUT2D eigenvalue weighted by atomic mass is 9.98. The van der Waals surface area contributed by atoms with Crippen LogP contribution >= 0.6 is 23.4 Å². The maximum Gasteiger partial charge on any atom is 0.262 e. The maximum absolute atomic E-state index is 12.8. The number of carbonyl (C=O) groups excluding carboxylic acids is 2. The van der Waals surface area contributed by atoms with E-state index >= 15 is 0 Å². The summed E-state index contributed by atoms with van der Waals surface area (Å²) in [5.74, 6) is 0.164. The summed E-state index contributed by atoms with van der Waals surface area (Å²) in [5, 5.41) is 9.97. The predicted octanol–water partition coefficient (Wildman–Crippen LogP) is 5.83. The molecule has 0 saturated carbocycles. The molecule has 188 valence electrons. The molecule has 0 saturated heterocycles. The Morgan fingerprint density at radius 1 is 1.14 bits per heavy atom. The van der Waals surface area contributed by atoms with Gasteiger partial charge < -0.3 is 10.1 Å². The van der Waals surface area contributed by atoms with E-state index in [1.54, 1.807) is 19.2 Å². The van der Waals surface area contributed by atoms with Gasteiger partial charge >= 0.3 is 0 Å². The Hall–Kier alpha value is -3.62. The van der Waals surface area contributed by atoms with Gasteiger partial charge in [-0.15, -0.1) is 0 Å². The van der Waals surface area contributed by atoms with E-state index in [0.29, 0.717) is 22.3 Å². The number of ether oxygens (including phenoxy) is 1. The number of nitrogens with zero attached hydrogens (tertiary/aromatic N) is 3. The number of aryl methyl sites for hydroxylation is 1. The van der Waals surface area contributed by atoms with Gasteiger partial charge in [-0.2, -0.15) is 10.1 Å². The average molecular weight is 533 g/mol. The zero-order chi connectivity index (χ0) is 25.9. The molecule has 37 heavy (non-hydrogen) atoms. The normalized spacial score (nSPS) is 19.0. The van der Waals surface area contributed by atoms with Crippen LogP contribution in [0.3, 0.4) is 0 Å². The van der Waals surface area contributed by atoms with Gasteiger partial charge in [-0.25, -0.2) is 5.01 Å². The van der Waals surface area contributed by atoms with Gasteiger partial charge in [0, 0.05) is 23.6 Å². The molecule has 2 aliphatic rings. The predicted molar refractivity (Wildman–Crippen MR) is 148 cm³/mol. The number of amides is 2. The van der Waals surface area contributed by atoms with Crippen molar-refractivity contribution >= 4 is 51.7 Å². The number of thioether (sulfide) groups is 1. The summed E-state index contributed by atoms with van der Waals surface area (Å²) < 4.78 is 5.28.